The lowest BCUT2D eigenvalue weighted by Gasteiger charge is -1.95. The molecular formula is C9H7BrN2O2. The lowest BCUT2D eigenvalue weighted by Crippen LogP contribution is -1.97. The van der Waals surface area contributed by atoms with Gasteiger partial charge in [0.1, 0.15) is 5.76 Å². The Morgan fingerprint density at radius 1 is 1.57 bits per heavy atom. The fourth-order valence-corrected chi connectivity index (χ4v) is 1.46. The minimum atomic E-state index is 0.339. The zero-order chi connectivity index (χ0) is 9.97. The number of rotatable bonds is 3. The summed E-state index contributed by atoms with van der Waals surface area (Å²) in [5, 5.41) is 4.07. The highest BCUT2D eigenvalue weighted by Crippen LogP contribution is 2.10. The Bertz CT molecular complexity index is 447. The maximum absolute atomic E-state index is 10.4. The van der Waals surface area contributed by atoms with E-state index >= 15 is 0 Å². The second kappa shape index (κ2) is 3.79. The molecule has 0 aliphatic rings. The fourth-order valence-electron chi connectivity index (χ4n) is 1.13. The van der Waals surface area contributed by atoms with E-state index in [1.165, 1.54) is 0 Å². The molecule has 4 nitrogen and oxygen atoms in total. The molecule has 0 spiro atoms. The van der Waals surface area contributed by atoms with Crippen LogP contribution in [0.5, 0.6) is 0 Å². The molecule has 2 rings (SSSR count). The molecule has 0 amide bonds. The lowest BCUT2D eigenvalue weighted by atomic mass is 10.4. The van der Waals surface area contributed by atoms with Gasteiger partial charge < -0.3 is 4.42 Å². The van der Waals surface area contributed by atoms with Crippen molar-refractivity contribution in [3.63, 3.8) is 0 Å². The number of carbonyl (C=O) groups is 1. The molecule has 72 valence electrons. The zero-order valence-electron chi connectivity index (χ0n) is 7.18. The third-order valence-corrected chi connectivity index (χ3v) is 2.13. The van der Waals surface area contributed by atoms with Crippen molar-refractivity contribution in [3.05, 3.63) is 40.5 Å². The summed E-state index contributed by atoms with van der Waals surface area (Å²) in [6, 6.07) is 3.40. The van der Waals surface area contributed by atoms with Crippen LogP contribution in [0, 0.1) is 0 Å². The van der Waals surface area contributed by atoms with Gasteiger partial charge in [0.2, 0.25) is 0 Å². The average Bonchev–Trinajstić information content (AvgIpc) is 2.76. The minimum absolute atomic E-state index is 0.339. The summed E-state index contributed by atoms with van der Waals surface area (Å²) in [6.07, 6.45) is 4.22. The summed E-state index contributed by atoms with van der Waals surface area (Å²) < 4.78 is 7.84. The molecule has 0 saturated carbocycles. The molecule has 2 aromatic heterocycles. The predicted molar refractivity (Wildman–Crippen MR) is 53.1 cm³/mol. The number of halogens is 1. The Hall–Kier alpha value is -1.36. The first kappa shape index (κ1) is 9.21. The van der Waals surface area contributed by atoms with Gasteiger partial charge in [-0.15, -0.1) is 0 Å². The molecule has 0 unspecified atom stereocenters. The third kappa shape index (κ3) is 1.93. The number of aromatic nitrogens is 2. The quantitative estimate of drug-likeness (QED) is 0.789. The first-order valence-electron chi connectivity index (χ1n) is 4.00. The van der Waals surface area contributed by atoms with Gasteiger partial charge in [0, 0.05) is 6.20 Å². The van der Waals surface area contributed by atoms with Crippen molar-refractivity contribution in [2.75, 3.05) is 0 Å². The number of hydrogen-bond acceptors (Lipinski definition) is 3. The maximum Gasteiger partial charge on any atom is 0.185 e. The lowest BCUT2D eigenvalue weighted by molar-refractivity contribution is 0.109. The number of nitrogens with zero attached hydrogens (tertiary/aromatic N) is 2. The second-order valence-corrected chi connectivity index (χ2v) is 3.69. The largest absolute Gasteiger partial charge is 0.456 e. The van der Waals surface area contributed by atoms with Crippen LogP contribution in [-0.2, 0) is 6.54 Å². The molecule has 2 aromatic rings. The van der Waals surface area contributed by atoms with Gasteiger partial charge in [-0.05, 0) is 28.1 Å². The van der Waals surface area contributed by atoms with Gasteiger partial charge in [-0.25, -0.2) is 0 Å². The SMILES string of the molecule is O=Cc1ccc(Cn2cc(Br)cn2)o1. The summed E-state index contributed by atoms with van der Waals surface area (Å²) in [5.41, 5.74) is 0. The normalized spacial score (nSPS) is 10.4. The summed E-state index contributed by atoms with van der Waals surface area (Å²) in [5.74, 6) is 1.05. The molecule has 0 fully saturated rings. The molecule has 0 aliphatic carbocycles. The van der Waals surface area contributed by atoms with E-state index in [1.807, 2.05) is 6.20 Å². The van der Waals surface area contributed by atoms with Crippen LogP contribution in [0.4, 0.5) is 0 Å². The Balaban J connectivity index is 2.14. The van der Waals surface area contributed by atoms with Gasteiger partial charge in [-0.3, -0.25) is 9.48 Å². The number of aldehydes is 1. The van der Waals surface area contributed by atoms with E-state index < -0.39 is 0 Å². The Labute approximate surface area is 88.6 Å². The fraction of sp³-hybridized carbons (Fsp3) is 0.111. The standard InChI is InChI=1S/C9H7BrN2O2/c10-7-3-11-12(4-7)5-8-1-2-9(6-13)14-8/h1-4,6H,5H2. The van der Waals surface area contributed by atoms with E-state index in [9.17, 15) is 4.79 Å². The van der Waals surface area contributed by atoms with E-state index in [0.717, 1.165) is 4.47 Å². The monoisotopic (exact) mass is 254 g/mol. The maximum atomic E-state index is 10.4. The van der Waals surface area contributed by atoms with Gasteiger partial charge in [0.15, 0.2) is 12.0 Å². The minimum Gasteiger partial charge on any atom is -0.456 e. The van der Waals surface area contributed by atoms with Crippen LogP contribution in [0.1, 0.15) is 16.3 Å². The first-order valence-corrected chi connectivity index (χ1v) is 4.79. The number of furan rings is 1. The molecule has 0 radical (unpaired) electrons. The van der Waals surface area contributed by atoms with Crippen molar-refractivity contribution in [2.24, 2.45) is 0 Å². The van der Waals surface area contributed by atoms with Crippen LogP contribution in [-0.4, -0.2) is 16.1 Å². The third-order valence-electron chi connectivity index (χ3n) is 1.72. The van der Waals surface area contributed by atoms with E-state index in [2.05, 4.69) is 21.0 Å². The number of hydrogen-bond donors (Lipinski definition) is 0. The molecule has 2 heterocycles. The molecule has 14 heavy (non-hydrogen) atoms. The van der Waals surface area contributed by atoms with E-state index in [0.29, 0.717) is 24.4 Å². The summed E-state index contributed by atoms with van der Waals surface area (Å²) in [4.78, 5) is 10.4. The molecule has 0 aliphatic heterocycles. The second-order valence-electron chi connectivity index (χ2n) is 2.78. The van der Waals surface area contributed by atoms with Crippen LogP contribution in [0.3, 0.4) is 0 Å². The van der Waals surface area contributed by atoms with Crippen LogP contribution in [0.25, 0.3) is 0 Å². The highest BCUT2D eigenvalue weighted by Gasteiger charge is 2.02. The summed E-state index contributed by atoms with van der Waals surface area (Å²) >= 11 is 3.29. The highest BCUT2D eigenvalue weighted by molar-refractivity contribution is 9.10. The topological polar surface area (TPSA) is 48.0 Å². The smallest absolute Gasteiger partial charge is 0.185 e. The van der Waals surface area contributed by atoms with Crippen molar-refractivity contribution < 1.29 is 9.21 Å². The Morgan fingerprint density at radius 3 is 3.00 bits per heavy atom. The van der Waals surface area contributed by atoms with Crippen molar-refractivity contribution >= 4 is 22.2 Å². The van der Waals surface area contributed by atoms with Gasteiger partial charge in [-0.1, -0.05) is 0 Å². The van der Waals surface area contributed by atoms with Crippen LogP contribution in [0.2, 0.25) is 0 Å². The van der Waals surface area contributed by atoms with Crippen molar-refractivity contribution in [1.29, 1.82) is 0 Å². The van der Waals surface area contributed by atoms with E-state index in [1.54, 1.807) is 23.0 Å². The van der Waals surface area contributed by atoms with Gasteiger partial charge in [-0.2, -0.15) is 5.10 Å². The zero-order valence-corrected chi connectivity index (χ0v) is 8.77. The highest BCUT2D eigenvalue weighted by atomic mass is 79.9. The van der Waals surface area contributed by atoms with Crippen LogP contribution >= 0.6 is 15.9 Å². The summed E-state index contributed by atoms with van der Waals surface area (Å²) in [7, 11) is 0. The molecule has 5 heteroatoms. The summed E-state index contributed by atoms with van der Waals surface area (Å²) in [6.45, 7) is 0.527. The Kier molecular flexibility index (Phi) is 2.49. The molecule has 0 N–H and O–H groups in total. The van der Waals surface area contributed by atoms with Gasteiger partial charge in [0.05, 0.1) is 17.2 Å². The first-order chi connectivity index (χ1) is 6.78. The van der Waals surface area contributed by atoms with Gasteiger partial charge >= 0.3 is 0 Å². The van der Waals surface area contributed by atoms with Crippen molar-refractivity contribution in [2.45, 2.75) is 6.54 Å². The average molecular weight is 255 g/mol. The van der Waals surface area contributed by atoms with Crippen LogP contribution < -0.4 is 0 Å². The molecule has 0 atom stereocenters. The molecule has 0 saturated heterocycles. The van der Waals surface area contributed by atoms with Crippen LogP contribution in [0.15, 0.2) is 33.4 Å². The van der Waals surface area contributed by atoms with Crippen molar-refractivity contribution in [3.8, 4) is 0 Å². The molecule has 0 aromatic carbocycles. The van der Waals surface area contributed by atoms with E-state index in [4.69, 9.17) is 4.42 Å². The number of carbonyl (C=O) groups excluding carboxylic acids is 1. The van der Waals surface area contributed by atoms with E-state index in [-0.39, 0.29) is 0 Å². The Morgan fingerprint density at radius 2 is 2.43 bits per heavy atom. The predicted octanol–water partition coefficient (Wildman–Crippen LogP) is 2.10. The van der Waals surface area contributed by atoms with Gasteiger partial charge in [0.25, 0.3) is 0 Å². The molecule has 0 bridgehead atoms. The van der Waals surface area contributed by atoms with Crippen molar-refractivity contribution in [1.82, 2.24) is 9.78 Å². The molecular weight excluding hydrogens is 248 g/mol.